The van der Waals surface area contributed by atoms with Gasteiger partial charge in [0, 0.05) is 13.1 Å². The molecule has 0 bridgehead atoms. The van der Waals surface area contributed by atoms with Crippen molar-refractivity contribution in [2.45, 2.75) is 32.3 Å². The first-order chi connectivity index (χ1) is 6.58. The van der Waals surface area contributed by atoms with Gasteiger partial charge in [-0.1, -0.05) is 0 Å². The highest BCUT2D eigenvalue weighted by atomic mass is 16.5. The van der Waals surface area contributed by atoms with Crippen molar-refractivity contribution < 1.29 is 14.3 Å². The number of ether oxygens (including phenoxy) is 1. The summed E-state index contributed by atoms with van der Waals surface area (Å²) >= 11 is 0. The molecule has 0 unspecified atom stereocenters. The smallest absolute Gasteiger partial charge is 0.313 e. The van der Waals surface area contributed by atoms with Gasteiger partial charge < -0.3 is 9.64 Å². The number of carbonyl (C=O) groups excluding carboxylic acids is 2. The number of esters is 1. The van der Waals surface area contributed by atoms with Crippen LogP contribution in [0.25, 0.3) is 0 Å². The number of piperidine rings is 1. The summed E-state index contributed by atoms with van der Waals surface area (Å²) in [4.78, 5) is 24.0. The number of Topliss-reactive ketones (excluding diaryl/α,β-unsaturated/α-hetero) is 1. The van der Waals surface area contributed by atoms with Crippen LogP contribution in [0.1, 0.15) is 26.2 Å². The molecule has 1 saturated heterocycles. The van der Waals surface area contributed by atoms with Crippen LogP contribution >= 0.6 is 0 Å². The Kier molecular flexibility index (Phi) is 4.07. The molecule has 1 aliphatic heterocycles. The second-order valence-corrected chi connectivity index (χ2v) is 3.87. The molecule has 1 heterocycles. The van der Waals surface area contributed by atoms with E-state index in [9.17, 15) is 9.59 Å². The maximum atomic E-state index is 11.1. The SMILES string of the molecule is CC(=O)CC(=O)OC1CCN(C)CC1. The predicted octanol–water partition coefficient (Wildman–Crippen LogP) is 0.603. The number of rotatable bonds is 3. The molecule has 0 N–H and O–H groups in total. The molecular formula is C10H17NO3. The number of carbonyl (C=O) groups is 2. The van der Waals surface area contributed by atoms with E-state index < -0.39 is 0 Å². The van der Waals surface area contributed by atoms with E-state index in [4.69, 9.17) is 4.74 Å². The van der Waals surface area contributed by atoms with Crippen LogP contribution in [0, 0.1) is 0 Å². The van der Waals surface area contributed by atoms with Crippen LogP contribution in [-0.2, 0) is 14.3 Å². The Bertz CT molecular complexity index is 219. The van der Waals surface area contributed by atoms with Crippen LogP contribution in [-0.4, -0.2) is 42.9 Å². The van der Waals surface area contributed by atoms with E-state index in [2.05, 4.69) is 4.90 Å². The topological polar surface area (TPSA) is 46.6 Å². The van der Waals surface area contributed by atoms with Crippen molar-refractivity contribution >= 4 is 11.8 Å². The van der Waals surface area contributed by atoms with Crippen LogP contribution < -0.4 is 0 Å². The minimum Gasteiger partial charge on any atom is -0.462 e. The van der Waals surface area contributed by atoms with Gasteiger partial charge in [0.05, 0.1) is 0 Å². The van der Waals surface area contributed by atoms with Gasteiger partial charge in [-0.05, 0) is 26.8 Å². The Morgan fingerprint density at radius 2 is 1.93 bits per heavy atom. The van der Waals surface area contributed by atoms with Gasteiger partial charge >= 0.3 is 5.97 Å². The Morgan fingerprint density at radius 3 is 2.43 bits per heavy atom. The van der Waals surface area contributed by atoms with Gasteiger partial charge in [0.15, 0.2) is 0 Å². The highest BCUT2D eigenvalue weighted by Crippen LogP contribution is 2.12. The second kappa shape index (κ2) is 5.10. The lowest BCUT2D eigenvalue weighted by Gasteiger charge is -2.28. The fourth-order valence-corrected chi connectivity index (χ4v) is 1.53. The molecule has 0 aromatic rings. The summed E-state index contributed by atoms with van der Waals surface area (Å²) in [5.74, 6) is -0.519. The maximum Gasteiger partial charge on any atom is 0.313 e. The highest BCUT2D eigenvalue weighted by Gasteiger charge is 2.20. The zero-order chi connectivity index (χ0) is 10.6. The summed E-state index contributed by atoms with van der Waals surface area (Å²) in [6, 6.07) is 0. The van der Waals surface area contributed by atoms with E-state index in [1.807, 2.05) is 7.05 Å². The molecule has 0 aromatic heterocycles. The molecule has 0 atom stereocenters. The molecule has 1 fully saturated rings. The lowest BCUT2D eigenvalue weighted by molar-refractivity contribution is -0.152. The Hall–Kier alpha value is -0.900. The Balaban J connectivity index is 2.24. The van der Waals surface area contributed by atoms with Crippen molar-refractivity contribution in [3.8, 4) is 0 Å². The Labute approximate surface area is 84.2 Å². The standard InChI is InChI=1S/C10H17NO3/c1-8(12)7-10(13)14-9-3-5-11(2)6-4-9/h9H,3-7H2,1-2H3. The average molecular weight is 199 g/mol. The molecule has 1 rings (SSSR count). The van der Waals surface area contributed by atoms with Crippen LogP contribution in [0.15, 0.2) is 0 Å². The highest BCUT2D eigenvalue weighted by molar-refractivity contribution is 5.94. The van der Waals surface area contributed by atoms with Crippen LogP contribution in [0.3, 0.4) is 0 Å². The minimum atomic E-state index is -0.382. The number of nitrogens with zero attached hydrogens (tertiary/aromatic N) is 1. The molecule has 0 radical (unpaired) electrons. The first-order valence-electron chi connectivity index (χ1n) is 4.95. The van der Waals surface area contributed by atoms with Gasteiger partial charge in [-0.15, -0.1) is 0 Å². The van der Waals surface area contributed by atoms with Crippen LogP contribution in [0.2, 0.25) is 0 Å². The van der Waals surface area contributed by atoms with Gasteiger partial charge in [0.2, 0.25) is 0 Å². The molecule has 0 spiro atoms. The molecule has 4 nitrogen and oxygen atoms in total. The van der Waals surface area contributed by atoms with E-state index in [0.29, 0.717) is 0 Å². The van der Waals surface area contributed by atoms with E-state index in [1.165, 1.54) is 6.92 Å². The molecule has 4 heteroatoms. The monoisotopic (exact) mass is 199 g/mol. The van der Waals surface area contributed by atoms with Crippen LogP contribution in [0.5, 0.6) is 0 Å². The van der Waals surface area contributed by atoms with Crippen molar-refractivity contribution in [2.75, 3.05) is 20.1 Å². The molecule has 0 aromatic carbocycles. The molecule has 80 valence electrons. The lowest BCUT2D eigenvalue weighted by atomic mass is 10.1. The van der Waals surface area contributed by atoms with Crippen molar-refractivity contribution in [2.24, 2.45) is 0 Å². The fraction of sp³-hybridized carbons (Fsp3) is 0.800. The summed E-state index contributed by atoms with van der Waals surface area (Å²) in [5, 5.41) is 0. The first kappa shape index (κ1) is 11.2. The zero-order valence-electron chi connectivity index (χ0n) is 8.78. The quantitative estimate of drug-likeness (QED) is 0.493. The third-order valence-electron chi connectivity index (χ3n) is 2.36. The third kappa shape index (κ3) is 3.87. The van der Waals surface area contributed by atoms with Crippen molar-refractivity contribution in [1.29, 1.82) is 0 Å². The number of likely N-dealkylation sites (tertiary alicyclic amines) is 1. The van der Waals surface area contributed by atoms with Gasteiger partial charge in [0.1, 0.15) is 18.3 Å². The van der Waals surface area contributed by atoms with E-state index in [0.717, 1.165) is 25.9 Å². The van der Waals surface area contributed by atoms with Crippen molar-refractivity contribution in [3.63, 3.8) is 0 Å². The third-order valence-corrected chi connectivity index (χ3v) is 2.36. The predicted molar refractivity (Wildman–Crippen MR) is 51.9 cm³/mol. The van der Waals surface area contributed by atoms with Gasteiger partial charge in [-0.2, -0.15) is 0 Å². The second-order valence-electron chi connectivity index (χ2n) is 3.87. The summed E-state index contributed by atoms with van der Waals surface area (Å²) in [5.41, 5.74) is 0. The lowest BCUT2D eigenvalue weighted by Crippen LogP contribution is -2.35. The Morgan fingerprint density at radius 1 is 1.36 bits per heavy atom. The largest absolute Gasteiger partial charge is 0.462 e. The first-order valence-corrected chi connectivity index (χ1v) is 4.95. The molecule has 14 heavy (non-hydrogen) atoms. The average Bonchev–Trinajstić information content (AvgIpc) is 2.07. The number of ketones is 1. The molecular weight excluding hydrogens is 182 g/mol. The zero-order valence-corrected chi connectivity index (χ0v) is 8.78. The normalized spacial score (nSPS) is 19.3. The molecule has 1 aliphatic rings. The van der Waals surface area contributed by atoms with Crippen molar-refractivity contribution in [1.82, 2.24) is 4.90 Å². The summed E-state index contributed by atoms with van der Waals surface area (Å²) in [6.07, 6.45) is 1.67. The number of hydrogen-bond donors (Lipinski definition) is 0. The summed E-state index contributed by atoms with van der Waals surface area (Å²) in [7, 11) is 2.05. The van der Waals surface area contributed by atoms with Crippen LogP contribution in [0.4, 0.5) is 0 Å². The minimum absolute atomic E-state index is 0.0121. The summed E-state index contributed by atoms with van der Waals surface area (Å²) in [6.45, 7) is 3.31. The maximum absolute atomic E-state index is 11.1. The van der Waals surface area contributed by atoms with Gasteiger partial charge in [-0.25, -0.2) is 0 Å². The fourth-order valence-electron chi connectivity index (χ4n) is 1.53. The number of hydrogen-bond acceptors (Lipinski definition) is 4. The molecule has 0 saturated carbocycles. The molecule has 0 amide bonds. The van der Waals surface area contributed by atoms with E-state index >= 15 is 0 Å². The van der Waals surface area contributed by atoms with Gasteiger partial charge in [-0.3, -0.25) is 9.59 Å². The molecule has 0 aliphatic carbocycles. The van der Waals surface area contributed by atoms with Gasteiger partial charge in [0.25, 0.3) is 0 Å². The van der Waals surface area contributed by atoms with E-state index in [1.54, 1.807) is 0 Å². The summed E-state index contributed by atoms with van der Waals surface area (Å²) < 4.78 is 5.16. The van der Waals surface area contributed by atoms with E-state index in [-0.39, 0.29) is 24.3 Å². The van der Waals surface area contributed by atoms with Crippen molar-refractivity contribution in [3.05, 3.63) is 0 Å².